The van der Waals surface area contributed by atoms with Crippen LogP contribution in [0.25, 0.3) is 0 Å². The highest BCUT2D eigenvalue weighted by atomic mass is 35.5. The molecule has 2 rings (SSSR count). The highest BCUT2D eigenvalue weighted by Gasteiger charge is 2.23. The van der Waals surface area contributed by atoms with E-state index in [1.165, 1.54) is 12.5 Å². The number of aromatic nitrogens is 2. The average Bonchev–Trinajstić information content (AvgIpc) is 2.91. The molecule has 1 aromatic carbocycles. The molecule has 9 heteroatoms. The predicted octanol–water partition coefficient (Wildman–Crippen LogP) is 2.36. The van der Waals surface area contributed by atoms with Crippen molar-refractivity contribution >= 4 is 39.0 Å². The van der Waals surface area contributed by atoms with Gasteiger partial charge in [0.15, 0.2) is 9.84 Å². The lowest BCUT2D eigenvalue weighted by Gasteiger charge is -2.10. The summed E-state index contributed by atoms with van der Waals surface area (Å²) < 4.78 is 26.2. The largest absolute Gasteiger partial charge is 0.478 e. The van der Waals surface area contributed by atoms with Gasteiger partial charge in [-0.2, -0.15) is 0 Å². The SMILES string of the molecule is O=C(O)c1cc(Cl)cc(S(=O)(=O)CCn2ccnc2)c1Cl. The number of nitrogens with zero attached hydrogens (tertiary/aromatic N) is 2. The van der Waals surface area contributed by atoms with Gasteiger partial charge in [-0.15, -0.1) is 0 Å². The second kappa shape index (κ2) is 6.05. The molecule has 0 amide bonds. The number of benzene rings is 1. The van der Waals surface area contributed by atoms with Gasteiger partial charge < -0.3 is 9.67 Å². The van der Waals surface area contributed by atoms with E-state index < -0.39 is 15.8 Å². The van der Waals surface area contributed by atoms with E-state index in [-0.39, 0.29) is 32.8 Å². The molecule has 0 aliphatic carbocycles. The van der Waals surface area contributed by atoms with Gasteiger partial charge in [0.2, 0.25) is 0 Å². The summed E-state index contributed by atoms with van der Waals surface area (Å²) in [6.45, 7) is 0.174. The Hall–Kier alpha value is -1.57. The van der Waals surface area contributed by atoms with E-state index in [4.69, 9.17) is 28.3 Å². The third kappa shape index (κ3) is 3.55. The fourth-order valence-corrected chi connectivity index (χ4v) is 3.89. The summed E-state index contributed by atoms with van der Waals surface area (Å²) in [4.78, 5) is 14.6. The van der Waals surface area contributed by atoms with Crippen LogP contribution in [0.4, 0.5) is 0 Å². The van der Waals surface area contributed by atoms with Gasteiger partial charge in [-0.3, -0.25) is 0 Å². The van der Waals surface area contributed by atoms with Crippen LogP contribution in [-0.2, 0) is 16.4 Å². The second-order valence-corrected chi connectivity index (χ2v) is 7.08. The fraction of sp³-hybridized carbons (Fsp3) is 0.167. The van der Waals surface area contributed by atoms with Crippen molar-refractivity contribution in [2.24, 2.45) is 0 Å². The summed E-state index contributed by atoms with van der Waals surface area (Å²) >= 11 is 11.7. The molecule has 0 atom stereocenters. The van der Waals surface area contributed by atoms with E-state index in [0.717, 1.165) is 12.1 Å². The molecule has 0 aliphatic rings. The number of rotatable bonds is 5. The monoisotopic (exact) mass is 348 g/mol. The van der Waals surface area contributed by atoms with Crippen LogP contribution in [-0.4, -0.2) is 34.8 Å². The molecular formula is C12H10Cl2N2O4S. The van der Waals surface area contributed by atoms with Gasteiger partial charge in [-0.1, -0.05) is 23.2 Å². The molecule has 112 valence electrons. The Bertz CT molecular complexity index is 773. The Kier molecular flexibility index (Phi) is 4.55. The molecule has 0 radical (unpaired) electrons. The molecule has 0 saturated carbocycles. The lowest BCUT2D eigenvalue weighted by Crippen LogP contribution is -2.14. The van der Waals surface area contributed by atoms with E-state index in [1.54, 1.807) is 10.8 Å². The van der Waals surface area contributed by atoms with Crippen molar-refractivity contribution < 1.29 is 18.3 Å². The van der Waals surface area contributed by atoms with Gasteiger partial charge in [0.1, 0.15) is 0 Å². The van der Waals surface area contributed by atoms with Gasteiger partial charge in [-0.05, 0) is 12.1 Å². The summed E-state index contributed by atoms with van der Waals surface area (Å²) in [5, 5.41) is 8.67. The maximum atomic E-state index is 12.3. The third-order valence-electron chi connectivity index (χ3n) is 2.75. The van der Waals surface area contributed by atoms with Crippen LogP contribution in [0, 0.1) is 0 Å². The zero-order valence-corrected chi connectivity index (χ0v) is 12.9. The normalized spacial score (nSPS) is 11.5. The number of carboxylic acid groups (broad SMARTS) is 1. The number of imidazole rings is 1. The van der Waals surface area contributed by atoms with Crippen LogP contribution >= 0.6 is 23.2 Å². The first-order chi connectivity index (χ1) is 9.81. The zero-order valence-electron chi connectivity index (χ0n) is 10.5. The Morgan fingerprint density at radius 3 is 2.62 bits per heavy atom. The lowest BCUT2D eigenvalue weighted by atomic mass is 10.2. The van der Waals surface area contributed by atoms with Gasteiger partial charge in [0.25, 0.3) is 0 Å². The maximum absolute atomic E-state index is 12.3. The molecule has 0 fully saturated rings. The average molecular weight is 349 g/mol. The molecule has 0 bridgehead atoms. The first kappa shape index (κ1) is 15.8. The van der Waals surface area contributed by atoms with Crippen LogP contribution in [0.1, 0.15) is 10.4 Å². The smallest absolute Gasteiger partial charge is 0.337 e. The Morgan fingerprint density at radius 2 is 2.05 bits per heavy atom. The molecule has 6 nitrogen and oxygen atoms in total. The van der Waals surface area contributed by atoms with Crippen LogP contribution in [0.15, 0.2) is 35.7 Å². The first-order valence-electron chi connectivity index (χ1n) is 5.72. The molecule has 21 heavy (non-hydrogen) atoms. The number of carboxylic acids is 1. The number of aromatic carboxylic acids is 1. The molecule has 0 aliphatic heterocycles. The molecular weight excluding hydrogens is 339 g/mol. The number of hydrogen-bond donors (Lipinski definition) is 1. The van der Waals surface area contributed by atoms with Crippen molar-refractivity contribution in [2.75, 3.05) is 5.75 Å². The standard InChI is InChI=1S/C12H10Cl2N2O4S/c13-8-5-9(12(17)18)11(14)10(6-8)21(19,20)4-3-16-2-1-15-7-16/h1-2,5-7H,3-4H2,(H,17,18). The van der Waals surface area contributed by atoms with Gasteiger partial charge in [0.05, 0.1) is 27.6 Å². The molecule has 0 spiro atoms. The molecule has 1 aromatic heterocycles. The van der Waals surface area contributed by atoms with Crippen molar-refractivity contribution in [1.82, 2.24) is 9.55 Å². The van der Waals surface area contributed by atoms with Crippen LogP contribution in [0.5, 0.6) is 0 Å². The topological polar surface area (TPSA) is 89.3 Å². The molecule has 2 aromatic rings. The summed E-state index contributed by atoms with van der Waals surface area (Å²) in [6.07, 6.45) is 4.64. The minimum atomic E-state index is -3.77. The Morgan fingerprint density at radius 1 is 1.33 bits per heavy atom. The van der Waals surface area contributed by atoms with E-state index in [2.05, 4.69) is 4.98 Å². The number of hydrogen-bond acceptors (Lipinski definition) is 4. The van der Waals surface area contributed by atoms with Gasteiger partial charge in [-0.25, -0.2) is 18.2 Å². The van der Waals surface area contributed by atoms with E-state index in [0.29, 0.717) is 0 Å². The fourth-order valence-electron chi connectivity index (χ4n) is 1.70. The Balaban J connectivity index is 2.37. The summed E-state index contributed by atoms with van der Waals surface area (Å²) in [7, 11) is -3.77. The lowest BCUT2D eigenvalue weighted by molar-refractivity contribution is 0.0697. The second-order valence-electron chi connectivity index (χ2n) is 4.19. The van der Waals surface area contributed by atoms with Crippen molar-refractivity contribution in [3.63, 3.8) is 0 Å². The van der Waals surface area contributed by atoms with Crippen LogP contribution in [0.3, 0.4) is 0 Å². The number of halogens is 2. The van der Waals surface area contributed by atoms with Gasteiger partial charge in [0, 0.05) is 24.0 Å². The molecule has 0 saturated heterocycles. The minimum absolute atomic E-state index is 0.00185. The van der Waals surface area contributed by atoms with Crippen LogP contribution < -0.4 is 0 Å². The van der Waals surface area contributed by atoms with E-state index >= 15 is 0 Å². The van der Waals surface area contributed by atoms with E-state index in [9.17, 15) is 13.2 Å². The molecule has 0 unspecified atom stereocenters. The van der Waals surface area contributed by atoms with Crippen LogP contribution in [0.2, 0.25) is 10.0 Å². The highest BCUT2D eigenvalue weighted by Crippen LogP contribution is 2.30. The number of carbonyl (C=O) groups is 1. The summed E-state index contributed by atoms with van der Waals surface area (Å²) in [5.41, 5.74) is -0.342. The zero-order chi connectivity index (χ0) is 15.6. The molecule has 1 heterocycles. The highest BCUT2D eigenvalue weighted by molar-refractivity contribution is 7.91. The quantitative estimate of drug-likeness (QED) is 0.895. The first-order valence-corrected chi connectivity index (χ1v) is 8.13. The van der Waals surface area contributed by atoms with Crippen molar-refractivity contribution in [3.8, 4) is 0 Å². The number of sulfone groups is 1. The number of aryl methyl sites for hydroxylation is 1. The predicted molar refractivity (Wildman–Crippen MR) is 77.7 cm³/mol. The van der Waals surface area contributed by atoms with Crippen molar-refractivity contribution in [3.05, 3.63) is 46.5 Å². The third-order valence-corrected chi connectivity index (χ3v) is 5.20. The summed E-state index contributed by atoms with van der Waals surface area (Å²) in [5.74, 6) is -1.59. The maximum Gasteiger partial charge on any atom is 0.337 e. The van der Waals surface area contributed by atoms with E-state index in [1.807, 2.05) is 0 Å². The summed E-state index contributed by atoms with van der Waals surface area (Å²) in [6, 6.07) is 2.26. The minimum Gasteiger partial charge on any atom is -0.478 e. The molecule has 1 N–H and O–H groups in total. The van der Waals surface area contributed by atoms with Crippen molar-refractivity contribution in [2.45, 2.75) is 11.4 Å². The van der Waals surface area contributed by atoms with Gasteiger partial charge >= 0.3 is 5.97 Å². The van der Waals surface area contributed by atoms with Crippen molar-refractivity contribution in [1.29, 1.82) is 0 Å². The Labute approximate surface area is 130 Å².